The molecule has 0 fully saturated rings. The summed E-state index contributed by atoms with van der Waals surface area (Å²) in [6.07, 6.45) is 1.26. The third-order valence-electron chi connectivity index (χ3n) is 7.80. The summed E-state index contributed by atoms with van der Waals surface area (Å²) in [5, 5.41) is 21.7. The minimum atomic E-state index is -1.43. The van der Waals surface area contributed by atoms with Crippen LogP contribution in [0, 0.1) is 11.3 Å². The van der Waals surface area contributed by atoms with Crippen molar-refractivity contribution >= 4 is 29.3 Å². The molecule has 1 aliphatic rings. The van der Waals surface area contributed by atoms with E-state index < -0.39 is 35.2 Å². The van der Waals surface area contributed by atoms with Crippen LogP contribution < -0.4 is 0 Å². The quantitative estimate of drug-likeness (QED) is 0.318. The van der Waals surface area contributed by atoms with Crippen LogP contribution in [-0.2, 0) is 9.59 Å². The molecule has 0 aromatic heterocycles. The summed E-state index contributed by atoms with van der Waals surface area (Å²) in [4.78, 5) is 30.7. The van der Waals surface area contributed by atoms with Crippen molar-refractivity contribution in [1.82, 2.24) is 0 Å². The molecule has 1 heterocycles. The van der Waals surface area contributed by atoms with Crippen LogP contribution in [-0.4, -0.2) is 33.9 Å². The maximum atomic E-state index is 13.4. The van der Waals surface area contributed by atoms with Crippen LogP contribution in [0.2, 0.25) is 5.02 Å². The van der Waals surface area contributed by atoms with Gasteiger partial charge in [0.25, 0.3) is 0 Å². The monoisotopic (exact) mass is 517 g/mol. The molecule has 4 rings (SSSR count). The third-order valence-corrected chi connectivity index (χ3v) is 8.04. The Morgan fingerprint density at radius 1 is 0.946 bits per heavy atom. The standard InChI is InChI=1S/C31H32ClNO4/c1-3-26-31(30(36)37,18-17-25(21-11-6-4-7-12-21)22-13-8-5-9-14-22)28(23-15-10-16-24(32)19-23)27(29(34)35)20(2)33-26/h4-16,19,25-28H,3,17-18H2,1-2H3,(H,34,35)(H,36,37). The number of hydrogen-bond acceptors (Lipinski definition) is 3. The molecule has 0 saturated carbocycles. The molecular weight excluding hydrogens is 486 g/mol. The number of carbonyl (C=O) groups is 2. The molecule has 37 heavy (non-hydrogen) atoms. The summed E-state index contributed by atoms with van der Waals surface area (Å²) >= 11 is 6.33. The molecule has 0 spiro atoms. The number of aliphatic imine (C=N–C) groups is 1. The van der Waals surface area contributed by atoms with Crippen molar-refractivity contribution < 1.29 is 19.8 Å². The van der Waals surface area contributed by atoms with E-state index in [1.165, 1.54) is 0 Å². The van der Waals surface area contributed by atoms with E-state index in [0.29, 0.717) is 29.1 Å². The van der Waals surface area contributed by atoms with Gasteiger partial charge in [0.05, 0.1) is 11.5 Å². The molecule has 0 radical (unpaired) electrons. The van der Waals surface area contributed by atoms with Crippen molar-refractivity contribution in [2.75, 3.05) is 0 Å². The average molecular weight is 518 g/mol. The van der Waals surface area contributed by atoms with Gasteiger partial charge in [0.15, 0.2) is 0 Å². The van der Waals surface area contributed by atoms with Gasteiger partial charge in [0.2, 0.25) is 0 Å². The topological polar surface area (TPSA) is 87.0 Å². The van der Waals surface area contributed by atoms with Gasteiger partial charge in [-0.3, -0.25) is 14.6 Å². The first-order chi connectivity index (χ1) is 17.8. The van der Waals surface area contributed by atoms with Crippen LogP contribution in [0.1, 0.15) is 61.6 Å². The van der Waals surface area contributed by atoms with E-state index in [2.05, 4.69) is 24.3 Å². The largest absolute Gasteiger partial charge is 0.481 e. The molecule has 192 valence electrons. The van der Waals surface area contributed by atoms with E-state index in [1.807, 2.05) is 43.3 Å². The highest BCUT2D eigenvalue weighted by Crippen LogP contribution is 2.54. The van der Waals surface area contributed by atoms with Gasteiger partial charge in [-0.25, -0.2) is 0 Å². The van der Waals surface area contributed by atoms with Crippen molar-refractivity contribution in [3.05, 3.63) is 107 Å². The van der Waals surface area contributed by atoms with E-state index in [9.17, 15) is 19.8 Å². The highest BCUT2D eigenvalue weighted by atomic mass is 35.5. The minimum absolute atomic E-state index is 0.0496. The molecular formula is C31H32ClNO4. The Kier molecular flexibility index (Phi) is 8.13. The first-order valence-electron chi connectivity index (χ1n) is 12.7. The number of aliphatic carboxylic acids is 2. The van der Waals surface area contributed by atoms with Gasteiger partial charge in [-0.2, -0.15) is 0 Å². The summed E-state index contributed by atoms with van der Waals surface area (Å²) in [6.45, 7) is 3.61. The van der Waals surface area contributed by atoms with E-state index in [0.717, 1.165) is 11.1 Å². The molecule has 1 aliphatic heterocycles. The van der Waals surface area contributed by atoms with Gasteiger partial charge >= 0.3 is 11.9 Å². The molecule has 3 aromatic carbocycles. The smallest absolute Gasteiger partial charge is 0.312 e. The fourth-order valence-corrected chi connectivity index (χ4v) is 6.34. The maximum absolute atomic E-state index is 13.4. The van der Waals surface area contributed by atoms with Gasteiger partial charge in [0.1, 0.15) is 5.92 Å². The average Bonchev–Trinajstić information content (AvgIpc) is 2.89. The molecule has 0 amide bonds. The Labute approximate surface area is 222 Å². The van der Waals surface area contributed by atoms with E-state index in [4.69, 9.17) is 16.6 Å². The summed E-state index contributed by atoms with van der Waals surface area (Å²) in [5.74, 6) is -4.03. The Morgan fingerprint density at radius 3 is 2.03 bits per heavy atom. The lowest BCUT2D eigenvalue weighted by atomic mass is 9.56. The number of carboxylic acid groups (broad SMARTS) is 2. The normalized spacial score (nSPS) is 23.5. The van der Waals surface area contributed by atoms with Gasteiger partial charge in [-0.1, -0.05) is 91.3 Å². The van der Waals surface area contributed by atoms with Crippen molar-refractivity contribution in [1.29, 1.82) is 0 Å². The molecule has 3 aromatic rings. The van der Waals surface area contributed by atoms with Crippen LogP contribution in [0.25, 0.3) is 0 Å². The Balaban J connectivity index is 1.87. The van der Waals surface area contributed by atoms with Crippen LogP contribution in [0.4, 0.5) is 0 Å². The second-order valence-corrected chi connectivity index (χ2v) is 10.2. The van der Waals surface area contributed by atoms with E-state index in [1.54, 1.807) is 31.2 Å². The first-order valence-corrected chi connectivity index (χ1v) is 13.0. The Morgan fingerprint density at radius 2 is 1.54 bits per heavy atom. The van der Waals surface area contributed by atoms with Crippen molar-refractivity contribution in [2.45, 2.75) is 51.0 Å². The highest BCUT2D eigenvalue weighted by Gasteiger charge is 2.59. The number of rotatable bonds is 9. The summed E-state index contributed by atoms with van der Waals surface area (Å²) in [7, 11) is 0. The van der Waals surface area contributed by atoms with Gasteiger partial charge in [0, 0.05) is 22.6 Å². The first kappa shape index (κ1) is 26.6. The molecule has 5 nitrogen and oxygen atoms in total. The zero-order chi connectivity index (χ0) is 26.6. The lowest BCUT2D eigenvalue weighted by Gasteiger charge is -2.48. The Bertz CT molecular complexity index is 1240. The van der Waals surface area contributed by atoms with E-state index in [-0.39, 0.29) is 12.3 Å². The van der Waals surface area contributed by atoms with Gasteiger partial charge < -0.3 is 10.2 Å². The summed E-state index contributed by atoms with van der Waals surface area (Å²) in [6, 6.07) is 26.5. The van der Waals surface area contributed by atoms with Crippen molar-refractivity contribution in [3.8, 4) is 0 Å². The molecule has 4 unspecified atom stereocenters. The molecule has 2 N–H and O–H groups in total. The fourth-order valence-electron chi connectivity index (χ4n) is 6.14. The number of benzene rings is 3. The fraction of sp³-hybridized carbons (Fsp3) is 0.323. The third kappa shape index (κ3) is 5.19. The lowest BCUT2D eigenvalue weighted by molar-refractivity contribution is -0.156. The molecule has 0 aliphatic carbocycles. The number of nitrogens with zero attached hydrogens (tertiary/aromatic N) is 1. The predicted molar refractivity (Wildman–Crippen MR) is 147 cm³/mol. The lowest BCUT2D eigenvalue weighted by Crippen LogP contribution is -2.54. The minimum Gasteiger partial charge on any atom is -0.481 e. The SMILES string of the molecule is CCC1N=C(C)C(C(=O)O)C(c2cccc(Cl)c2)C1(CCC(c1ccccc1)c1ccccc1)C(=O)O. The predicted octanol–water partition coefficient (Wildman–Crippen LogP) is 7.06. The number of hydrogen-bond donors (Lipinski definition) is 2. The zero-order valence-corrected chi connectivity index (χ0v) is 21.8. The van der Waals surface area contributed by atoms with Gasteiger partial charge in [-0.05, 0) is 55.0 Å². The maximum Gasteiger partial charge on any atom is 0.312 e. The van der Waals surface area contributed by atoms with Crippen LogP contribution >= 0.6 is 11.6 Å². The second kappa shape index (κ2) is 11.3. The van der Waals surface area contributed by atoms with Crippen LogP contribution in [0.15, 0.2) is 89.9 Å². The summed E-state index contributed by atoms with van der Waals surface area (Å²) in [5.41, 5.74) is 1.82. The Hall–Kier alpha value is -3.44. The van der Waals surface area contributed by atoms with Crippen LogP contribution in [0.3, 0.4) is 0 Å². The number of halogens is 1. The van der Waals surface area contributed by atoms with Crippen molar-refractivity contribution in [3.63, 3.8) is 0 Å². The highest BCUT2D eigenvalue weighted by molar-refractivity contribution is 6.30. The number of carboxylic acids is 2. The molecule has 0 saturated heterocycles. The molecule has 6 heteroatoms. The van der Waals surface area contributed by atoms with Gasteiger partial charge in [-0.15, -0.1) is 0 Å². The second-order valence-electron chi connectivity index (χ2n) is 9.80. The molecule has 0 bridgehead atoms. The molecule has 4 atom stereocenters. The van der Waals surface area contributed by atoms with E-state index >= 15 is 0 Å². The van der Waals surface area contributed by atoms with Crippen molar-refractivity contribution in [2.24, 2.45) is 16.3 Å². The zero-order valence-electron chi connectivity index (χ0n) is 21.0. The van der Waals surface area contributed by atoms with Crippen LogP contribution in [0.5, 0.6) is 0 Å². The summed E-state index contributed by atoms with van der Waals surface area (Å²) < 4.78 is 0.